The van der Waals surface area contributed by atoms with E-state index in [1.54, 1.807) is 29.1 Å². The molecule has 0 bridgehead atoms. The van der Waals surface area contributed by atoms with Gasteiger partial charge in [0, 0.05) is 31.6 Å². The van der Waals surface area contributed by atoms with Crippen molar-refractivity contribution in [3.8, 4) is 11.5 Å². The molecule has 1 aliphatic rings. The van der Waals surface area contributed by atoms with Gasteiger partial charge >= 0.3 is 0 Å². The van der Waals surface area contributed by atoms with Crippen LogP contribution in [-0.2, 0) is 18.3 Å². The highest BCUT2D eigenvalue weighted by atomic mass is 79.9. The van der Waals surface area contributed by atoms with E-state index in [1.807, 2.05) is 7.05 Å². The third-order valence-corrected chi connectivity index (χ3v) is 5.23. The van der Waals surface area contributed by atoms with Gasteiger partial charge in [-0.3, -0.25) is 9.78 Å². The SMILES string of the molecule is Cn1c(Br)nc2ncc(Oc3ccnc(CC(=O)C4CC4)c3)c(Cl)c21. The standard InChI is InChI=1S/C17H14BrClN4O2/c1-23-15-14(19)13(8-21-16(15)22-17(23)18)25-11-4-5-20-10(6-11)7-12(24)9-2-3-9/h4-6,8-9H,2-3,7H2,1H3. The predicted octanol–water partition coefficient (Wildman–Crippen LogP) is 4.09. The molecule has 0 atom stereocenters. The monoisotopic (exact) mass is 420 g/mol. The van der Waals surface area contributed by atoms with Crippen LogP contribution in [0.2, 0.25) is 5.02 Å². The first kappa shape index (κ1) is 16.5. The van der Waals surface area contributed by atoms with Gasteiger partial charge in [-0.2, -0.15) is 0 Å². The number of aryl methyl sites for hydroxylation is 1. The van der Waals surface area contributed by atoms with E-state index >= 15 is 0 Å². The lowest BCUT2D eigenvalue weighted by atomic mass is 10.1. The van der Waals surface area contributed by atoms with Crippen molar-refractivity contribution in [2.24, 2.45) is 13.0 Å². The largest absolute Gasteiger partial charge is 0.454 e. The van der Waals surface area contributed by atoms with Crippen LogP contribution >= 0.6 is 27.5 Å². The first-order chi connectivity index (χ1) is 12.0. The number of ketones is 1. The summed E-state index contributed by atoms with van der Waals surface area (Å²) >= 11 is 9.82. The molecule has 6 nitrogen and oxygen atoms in total. The van der Waals surface area contributed by atoms with E-state index < -0.39 is 0 Å². The van der Waals surface area contributed by atoms with Gasteiger partial charge in [-0.1, -0.05) is 11.6 Å². The molecule has 3 heterocycles. The fraction of sp³-hybridized carbons (Fsp3) is 0.294. The minimum Gasteiger partial charge on any atom is -0.454 e. The first-order valence-corrected chi connectivity index (χ1v) is 9.02. The molecule has 0 unspecified atom stereocenters. The molecule has 0 aromatic carbocycles. The van der Waals surface area contributed by atoms with Crippen molar-refractivity contribution in [1.29, 1.82) is 0 Å². The minimum atomic E-state index is 0.218. The summed E-state index contributed by atoms with van der Waals surface area (Å²) in [5.74, 6) is 1.45. The smallest absolute Gasteiger partial charge is 0.180 e. The summed E-state index contributed by atoms with van der Waals surface area (Å²) < 4.78 is 8.31. The second-order valence-electron chi connectivity index (χ2n) is 6.05. The number of hydrogen-bond acceptors (Lipinski definition) is 5. The molecule has 25 heavy (non-hydrogen) atoms. The second-order valence-corrected chi connectivity index (χ2v) is 7.14. The van der Waals surface area contributed by atoms with Crippen molar-refractivity contribution in [1.82, 2.24) is 19.5 Å². The van der Waals surface area contributed by atoms with Crippen LogP contribution in [0.15, 0.2) is 29.3 Å². The first-order valence-electron chi connectivity index (χ1n) is 7.85. The quantitative estimate of drug-likeness (QED) is 0.620. The van der Waals surface area contributed by atoms with Crippen molar-refractivity contribution < 1.29 is 9.53 Å². The molecule has 0 aliphatic heterocycles. The van der Waals surface area contributed by atoms with Gasteiger partial charge < -0.3 is 9.30 Å². The molecule has 1 saturated carbocycles. The molecule has 4 rings (SSSR count). The number of pyridine rings is 2. The van der Waals surface area contributed by atoms with Gasteiger partial charge in [-0.05, 0) is 34.8 Å². The summed E-state index contributed by atoms with van der Waals surface area (Å²) in [5.41, 5.74) is 1.92. The number of halogens is 2. The van der Waals surface area contributed by atoms with Gasteiger partial charge in [0.1, 0.15) is 22.1 Å². The van der Waals surface area contributed by atoms with Crippen LogP contribution in [0, 0.1) is 5.92 Å². The van der Waals surface area contributed by atoms with E-state index in [0.717, 1.165) is 12.8 Å². The molecule has 1 fully saturated rings. The van der Waals surface area contributed by atoms with Crippen LogP contribution in [0.3, 0.4) is 0 Å². The summed E-state index contributed by atoms with van der Waals surface area (Å²) in [6, 6.07) is 3.49. The number of nitrogens with zero attached hydrogens (tertiary/aromatic N) is 4. The maximum absolute atomic E-state index is 12.0. The number of rotatable bonds is 5. The van der Waals surface area contributed by atoms with E-state index in [1.165, 1.54) is 0 Å². The summed E-state index contributed by atoms with van der Waals surface area (Å²) in [6.07, 6.45) is 5.50. The Balaban J connectivity index is 1.61. The Morgan fingerprint density at radius 3 is 3.00 bits per heavy atom. The highest BCUT2D eigenvalue weighted by Gasteiger charge is 2.29. The molecule has 3 aromatic rings. The molecule has 8 heteroatoms. The van der Waals surface area contributed by atoms with E-state index in [-0.39, 0.29) is 11.7 Å². The Morgan fingerprint density at radius 1 is 1.44 bits per heavy atom. The highest BCUT2D eigenvalue weighted by molar-refractivity contribution is 9.10. The van der Waals surface area contributed by atoms with Crippen molar-refractivity contribution in [3.63, 3.8) is 0 Å². The topological polar surface area (TPSA) is 69.9 Å². The minimum absolute atomic E-state index is 0.218. The number of carbonyl (C=O) groups is 1. The number of fused-ring (bicyclic) bond motifs is 1. The van der Waals surface area contributed by atoms with Crippen molar-refractivity contribution in [2.75, 3.05) is 0 Å². The lowest BCUT2D eigenvalue weighted by molar-refractivity contribution is -0.119. The lowest BCUT2D eigenvalue weighted by Gasteiger charge is -2.09. The Kier molecular flexibility index (Phi) is 4.21. The van der Waals surface area contributed by atoms with Gasteiger partial charge in [0.05, 0.1) is 11.9 Å². The summed E-state index contributed by atoms with van der Waals surface area (Å²) in [5, 5.41) is 0.429. The van der Waals surface area contributed by atoms with Crippen LogP contribution < -0.4 is 4.74 Å². The molecular formula is C17H14BrClN4O2. The molecule has 3 aromatic heterocycles. The van der Waals surface area contributed by atoms with Crippen molar-refractivity contribution in [2.45, 2.75) is 19.3 Å². The van der Waals surface area contributed by atoms with Crippen LogP contribution in [0.1, 0.15) is 18.5 Å². The number of imidazole rings is 1. The van der Waals surface area contributed by atoms with Crippen LogP contribution in [0.5, 0.6) is 11.5 Å². The molecule has 0 saturated heterocycles. The molecule has 128 valence electrons. The average molecular weight is 422 g/mol. The van der Waals surface area contributed by atoms with Crippen LogP contribution in [0.25, 0.3) is 11.2 Å². The zero-order valence-corrected chi connectivity index (χ0v) is 15.7. The number of Topliss-reactive ketones (excluding diaryl/α,β-unsaturated/α-hetero) is 1. The molecular weight excluding hydrogens is 408 g/mol. The fourth-order valence-electron chi connectivity index (χ4n) is 2.63. The van der Waals surface area contributed by atoms with E-state index in [2.05, 4.69) is 30.9 Å². The molecule has 0 spiro atoms. The summed E-state index contributed by atoms with van der Waals surface area (Å²) in [6.45, 7) is 0. The average Bonchev–Trinajstić information content (AvgIpc) is 3.38. The van der Waals surface area contributed by atoms with Gasteiger partial charge in [-0.15, -0.1) is 0 Å². The second kappa shape index (κ2) is 6.38. The van der Waals surface area contributed by atoms with Gasteiger partial charge in [0.25, 0.3) is 0 Å². The predicted molar refractivity (Wildman–Crippen MR) is 97.0 cm³/mol. The van der Waals surface area contributed by atoms with Crippen LogP contribution in [-0.4, -0.2) is 25.3 Å². The van der Waals surface area contributed by atoms with Crippen molar-refractivity contribution >= 4 is 44.5 Å². The summed E-state index contributed by atoms with van der Waals surface area (Å²) in [4.78, 5) is 24.8. The number of carbonyl (C=O) groups excluding carboxylic acids is 1. The number of hydrogen-bond donors (Lipinski definition) is 0. The third kappa shape index (κ3) is 3.26. The molecule has 0 N–H and O–H groups in total. The Morgan fingerprint density at radius 2 is 2.24 bits per heavy atom. The van der Waals surface area contributed by atoms with Gasteiger partial charge in [0.2, 0.25) is 0 Å². The Hall–Kier alpha value is -1.99. The molecule has 1 aliphatic carbocycles. The number of aromatic nitrogens is 4. The Labute approximate surface area is 157 Å². The maximum Gasteiger partial charge on any atom is 0.180 e. The highest BCUT2D eigenvalue weighted by Crippen LogP contribution is 2.35. The normalized spacial score (nSPS) is 14.0. The summed E-state index contributed by atoms with van der Waals surface area (Å²) in [7, 11) is 1.84. The van der Waals surface area contributed by atoms with E-state index in [9.17, 15) is 4.79 Å². The zero-order valence-electron chi connectivity index (χ0n) is 13.4. The zero-order chi connectivity index (χ0) is 17.6. The molecule has 0 radical (unpaired) electrons. The van der Waals surface area contributed by atoms with Crippen molar-refractivity contribution in [3.05, 3.63) is 40.0 Å². The third-order valence-electron chi connectivity index (χ3n) is 4.15. The maximum atomic E-state index is 12.0. The molecule has 0 amide bonds. The van der Waals surface area contributed by atoms with E-state index in [0.29, 0.717) is 44.5 Å². The van der Waals surface area contributed by atoms with E-state index in [4.69, 9.17) is 16.3 Å². The van der Waals surface area contributed by atoms with Crippen LogP contribution in [0.4, 0.5) is 0 Å². The Bertz CT molecular complexity index is 984. The lowest BCUT2D eigenvalue weighted by Crippen LogP contribution is -2.06. The van der Waals surface area contributed by atoms with Gasteiger partial charge in [-0.25, -0.2) is 9.97 Å². The van der Waals surface area contributed by atoms with Gasteiger partial charge in [0.15, 0.2) is 16.1 Å². The number of ether oxygens (including phenoxy) is 1. The fourth-order valence-corrected chi connectivity index (χ4v) is 3.27.